The molecule has 0 aliphatic rings. The van der Waals surface area contributed by atoms with E-state index in [1.54, 1.807) is 0 Å². The molecule has 0 fully saturated rings. The average molecular weight is 773 g/mol. The second-order valence-electron chi connectivity index (χ2n) is 16.3. The van der Waals surface area contributed by atoms with Crippen molar-refractivity contribution in [1.82, 2.24) is 0 Å². The van der Waals surface area contributed by atoms with Crippen LogP contribution in [0, 0.1) is 27.7 Å². The zero-order valence-electron chi connectivity index (χ0n) is 33.9. The largest absolute Gasteiger partial charge is 0.454 e. The third kappa shape index (κ3) is 5.04. The molecule has 0 unspecified atom stereocenters. The molecule has 12 rings (SSSR count). The summed E-state index contributed by atoms with van der Waals surface area (Å²) < 4.78 is 13.6. The molecule has 0 atom stereocenters. The monoisotopic (exact) mass is 772 g/mol. The van der Waals surface area contributed by atoms with E-state index < -0.39 is 0 Å². The molecule has 286 valence electrons. The van der Waals surface area contributed by atoms with Crippen LogP contribution in [0.2, 0.25) is 0 Å². The molecule has 0 amide bonds. The van der Waals surface area contributed by atoms with Gasteiger partial charge in [0.15, 0.2) is 11.2 Å². The van der Waals surface area contributed by atoms with Crippen molar-refractivity contribution in [3.63, 3.8) is 0 Å². The highest BCUT2D eigenvalue weighted by molar-refractivity contribution is 6.29. The van der Waals surface area contributed by atoms with Crippen LogP contribution < -0.4 is 9.80 Å². The van der Waals surface area contributed by atoms with Crippen LogP contribution in [-0.2, 0) is 0 Å². The summed E-state index contributed by atoms with van der Waals surface area (Å²) in [6.07, 6.45) is 0. The van der Waals surface area contributed by atoms with Crippen molar-refractivity contribution in [1.29, 1.82) is 0 Å². The number of para-hydroxylation sites is 2. The van der Waals surface area contributed by atoms with Gasteiger partial charge in [-0.15, -0.1) is 0 Å². The van der Waals surface area contributed by atoms with Gasteiger partial charge in [-0.2, -0.15) is 0 Å². The van der Waals surface area contributed by atoms with Gasteiger partial charge in [0.1, 0.15) is 11.2 Å². The van der Waals surface area contributed by atoms with E-state index in [2.05, 4.69) is 195 Å². The Bertz CT molecular complexity index is 3410. The molecule has 4 nitrogen and oxygen atoms in total. The highest BCUT2D eigenvalue weighted by Gasteiger charge is 2.27. The molecule has 0 bridgehead atoms. The van der Waals surface area contributed by atoms with Gasteiger partial charge in [-0.1, -0.05) is 132 Å². The van der Waals surface area contributed by atoms with Gasteiger partial charge in [-0.3, -0.25) is 0 Å². The molecule has 2 heterocycles. The van der Waals surface area contributed by atoms with Crippen molar-refractivity contribution in [2.45, 2.75) is 27.7 Å². The number of hydrogen-bond acceptors (Lipinski definition) is 4. The average Bonchev–Trinajstić information content (AvgIpc) is 3.85. The molecule has 0 N–H and O–H groups in total. The van der Waals surface area contributed by atoms with Gasteiger partial charge in [0.05, 0.1) is 22.7 Å². The number of rotatable bonds is 6. The lowest BCUT2D eigenvalue weighted by atomic mass is 9.91. The Kier molecular flexibility index (Phi) is 7.45. The normalized spacial score (nSPS) is 12.0. The van der Waals surface area contributed by atoms with Crippen LogP contribution in [0.3, 0.4) is 0 Å². The molecular formula is C56H40N2O2. The molecule has 0 aliphatic heterocycles. The zero-order chi connectivity index (χ0) is 40.2. The number of hydrogen-bond donors (Lipinski definition) is 0. The zero-order valence-corrected chi connectivity index (χ0v) is 33.9. The van der Waals surface area contributed by atoms with Crippen LogP contribution in [0.1, 0.15) is 22.3 Å². The van der Waals surface area contributed by atoms with E-state index in [4.69, 9.17) is 8.83 Å². The molecule has 12 aromatic rings. The van der Waals surface area contributed by atoms with E-state index in [0.29, 0.717) is 0 Å². The molecule has 10 aromatic carbocycles. The lowest BCUT2D eigenvalue weighted by Gasteiger charge is -2.30. The summed E-state index contributed by atoms with van der Waals surface area (Å²) in [4.78, 5) is 4.83. The Hall–Kier alpha value is -7.56. The summed E-state index contributed by atoms with van der Waals surface area (Å²) >= 11 is 0. The minimum Gasteiger partial charge on any atom is -0.454 e. The molecule has 0 saturated heterocycles. The van der Waals surface area contributed by atoms with Gasteiger partial charge in [-0.05, 0) is 109 Å². The highest BCUT2D eigenvalue weighted by atomic mass is 16.3. The minimum absolute atomic E-state index is 0.883. The third-order valence-electron chi connectivity index (χ3n) is 12.6. The molecule has 0 aliphatic carbocycles. The molecule has 2 aromatic heterocycles. The summed E-state index contributed by atoms with van der Waals surface area (Å²) in [5, 5.41) is 11.7. The van der Waals surface area contributed by atoms with E-state index in [-0.39, 0.29) is 0 Å². The SMILES string of the molecule is Cc1ccc(N(c2ccc3ccc4c(N(c5ccc(C)cc5)c5c(C)ccc6c5oc5ccccc56)ccc5ccc2c3c54)c2c(C)ccc3c2oc2ccccc23)cc1. The van der Waals surface area contributed by atoms with E-state index in [1.165, 1.54) is 43.4 Å². The number of anilines is 6. The first-order valence-corrected chi connectivity index (χ1v) is 20.7. The highest BCUT2D eigenvalue weighted by Crippen LogP contribution is 2.51. The first kappa shape index (κ1) is 34.5. The maximum atomic E-state index is 6.78. The Morgan fingerprint density at radius 3 is 1.15 bits per heavy atom. The Balaban J connectivity index is 1.15. The van der Waals surface area contributed by atoms with Crippen LogP contribution in [0.25, 0.3) is 76.2 Å². The topological polar surface area (TPSA) is 32.8 Å². The van der Waals surface area contributed by atoms with Gasteiger partial charge in [0.25, 0.3) is 0 Å². The fraction of sp³-hybridized carbons (Fsp3) is 0.0714. The van der Waals surface area contributed by atoms with Gasteiger partial charge in [-0.25, -0.2) is 0 Å². The third-order valence-corrected chi connectivity index (χ3v) is 12.6. The number of fused-ring (bicyclic) bond motifs is 6. The number of aryl methyl sites for hydroxylation is 4. The first-order valence-electron chi connectivity index (χ1n) is 20.7. The van der Waals surface area contributed by atoms with E-state index in [9.17, 15) is 0 Å². The predicted molar refractivity (Wildman–Crippen MR) is 253 cm³/mol. The second-order valence-corrected chi connectivity index (χ2v) is 16.3. The van der Waals surface area contributed by atoms with Crippen molar-refractivity contribution < 1.29 is 8.83 Å². The molecule has 0 radical (unpaired) electrons. The maximum absolute atomic E-state index is 6.78. The van der Waals surface area contributed by atoms with Crippen molar-refractivity contribution in [3.8, 4) is 0 Å². The van der Waals surface area contributed by atoms with Crippen molar-refractivity contribution in [3.05, 3.63) is 192 Å². The first-order chi connectivity index (χ1) is 29.4. The summed E-state index contributed by atoms with van der Waals surface area (Å²) in [7, 11) is 0. The number of nitrogens with zero attached hydrogens (tertiary/aromatic N) is 2. The molecule has 60 heavy (non-hydrogen) atoms. The van der Waals surface area contributed by atoms with E-state index in [1.807, 2.05) is 12.1 Å². The Morgan fingerprint density at radius 1 is 0.333 bits per heavy atom. The van der Waals surface area contributed by atoms with E-state index in [0.717, 1.165) is 89.1 Å². The molecule has 0 saturated carbocycles. The lowest BCUT2D eigenvalue weighted by Crippen LogP contribution is -2.13. The fourth-order valence-electron chi connectivity index (χ4n) is 9.63. The van der Waals surface area contributed by atoms with Crippen LogP contribution in [0.5, 0.6) is 0 Å². The van der Waals surface area contributed by atoms with Gasteiger partial charge in [0.2, 0.25) is 0 Å². The summed E-state index contributed by atoms with van der Waals surface area (Å²) in [6.45, 7) is 8.66. The predicted octanol–water partition coefficient (Wildman–Crippen LogP) is 16.6. The van der Waals surface area contributed by atoms with Gasteiger partial charge >= 0.3 is 0 Å². The van der Waals surface area contributed by atoms with Crippen LogP contribution in [0.4, 0.5) is 34.1 Å². The van der Waals surface area contributed by atoms with Crippen molar-refractivity contribution >= 4 is 110 Å². The van der Waals surface area contributed by atoms with Gasteiger partial charge < -0.3 is 18.6 Å². The summed E-state index contributed by atoms with van der Waals surface area (Å²) in [5.74, 6) is 0. The van der Waals surface area contributed by atoms with Crippen molar-refractivity contribution in [2.24, 2.45) is 0 Å². The quantitative estimate of drug-likeness (QED) is 0.158. The Morgan fingerprint density at radius 2 is 0.717 bits per heavy atom. The lowest BCUT2D eigenvalue weighted by molar-refractivity contribution is 0.668. The van der Waals surface area contributed by atoms with Crippen LogP contribution in [-0.4, -0.2) is 0 Å². The smallest absolute Gasteiger partial charge is 0.159 e. The summed E-state index contributed by atoms with van der Waals surface area (Å²) in [6, 6.07) is 61.6. The van der Waals surface area contributed by atoms with Crippen LogP contribution in [0.15, 0.2) is 179 Å². The maximum Gasteiger partial charge on any atom is 0.159 e. The fourth-order valence-corrected chi connectivity index (χ4v) is 9.63. The molecule has 0 spiro atoms. The van der Waals surface area contributed by atoms with Gasteiger partial charge in [0, 0.05) is 43.7 Å². The minimum atomic E-state index is 0.883. The molecular weight excluding hydrogens is 733 g/mol. The summed E-state index contributed by atoms with van der Waals surface area (Å²) in [5.41, 5.74) is 14.7. The second kappa shape index (κ2) is 13.0. The van der Waals surface area contributed by atoms with E-state index >= 15 is 0 Å². The van der Waals surface area contributed by atoms with Crippen molar-refractivity contribution in [2.75, 3.05) is 9.80 Å². The number of benzene rings is 10. The number of furan rings is 2. The molecule has 4 heteroatoms. The van der Waals surface area contributed by atoms with Crippen LogP contribution >= 0.6 is 0 Å². The standard InChI is InChI=1S/C56H40N2O2/c1-33-13-23-39(24-14-33)57(53-35(3)17-27-43-41-9-5-7-11-49(41)59-55(43)53)47-31-21-37-20-30-46-48(32-22-38-19-29-45(47)51(37)52(38)46)58(40-25-15-34(2)16-26-40)54-36(4)18-28-44-42-10-6-8-12-50(42)60-56(44)54/h5-32H,1-4H3. The Labute approximate surface area is 347 Å².